The van der Waals surface area contributed by atoms with Gasteiger partial charge < -0.3 is 15.5 Å². The maximum absolute atomic E-state index is 5.88. The first kappa shape index (κ1) is 14.8. The minimum atomic E-state index is 0.0711. The van der Waals surface area contributed by atoms with E-state index in [9.17, 15) is 0 Å². The molecule has 0 radical (unpaired) electrons. The third-order valence-corrected chi connectivity index (χ3v) is 4.95. The van der Waals surface area contributed by atoms with Crippen LogP contribution in [0.4, 0.5) is 5.13 Å². The van der Waals surface area contributed by atoms with Gasteiger partial charge in [-0.1, -0.05) is 20.8 Å². The van der Waals surface area contributed by atoms with E-state index in [2.05, 4.69) is 44.5 Å². The highest BCUT2D eigenvalue weighted by atomic mass is 32.1. The number of thiazole rings is 1. The molecule has 0 saturated carbocycles. The van der Waals surface area contributed by atoms with Crippen molar-refractivity contribution in [2.45, 2.75) is 45.7 Å². The third-order valence-electron chi connectivity index (χ3n) is 3.81. The molecule has 2 rings (SSSR count). The van der Waals surface area contributed by atoms with Crippen molar-refractivity contribution in [3.05, 3.63) is 10.6 Å². The van der Waals surface area contributed by atoms with E-state index in [1.165, 1.54) is 10.6 Å². The summed E-state index contributed by atoms with van der Waals surface area (Å²) in [5.74, 6) is 0. The highest BCUT2D eigenvalue weighted by Gasteiger charge is 2.27. The SMILES string of the molecule is CC1CN(c2nc(C(C)(C)C)c(CN)s2)CCN1C. The summed E-state index contributed by atoms with van der Waals surface area (Å²) in [6, 6.07) is 0.581. The molecule has 1 unspecified atom stereocenters. The van der Waals surface area contributed by atoms with Crippen LogP contribution in [0.25, 0.3) is 0 Å². The van der Waals surface area contributed by atoms with Crippen molar-refractivity contribution in [3.8, 4) is 0 Å². The molecule has 0 spiro atoms. The smallest absolute Gasteiger partial charge is 0.185 e. The van der Waals surface area contributed by atoms with Crippen molar-refractivity contribution >= 4 is 16.5 Å². The van der Waals surface area contributed by atoms with Gasteiger partial charge in [0.05, 0.1) is 5.69 Å². The van der Waals surface area contributed by atoms with Gasteiger partial charge in [0, 0.05) is 42.5 Å². The summed E-state index contributed by atoms with van der Waals surface area (Å²) in [6.45, 7) is 12.7. The van der Waals surface area contributed by atoms with Crippen molar-refractivity contribution in [1.82, 2.24) is 9.88 Å². The first-order valence-electron chi connectivity index (χ1n) is 6.98. The van der Waals surface area contributed by atoms with Gasteiger partial charge in [-0.3, -0.25) is 0 Å². The predicted octanol–water partition coefficient (Wildman–Crippen LogP) is 2.04. The summed E-state index contributed by atoms with van der Waals surface area (Å²) >= 11 is 1.77. The van der Waals surface area contributed by atoms with Crippen LogP contribution in [0.5, 0.6) is 0 Å². The Kier molecular flexibility index (Phi) is 4.18. The average Bonchev–Trinajstić information content (AvgIpc) is 2.76. The van der Waals surface area contributed by atoms with Crippen LogP contribution in [0.3, 0.4) is 0 Å². The van der Waals surface area contributed by atoms with E-state index < -0.39 is 0 Å². The number of aromatic nitrogens is 1. The van der Waals surface area contributed by atoms with E-state index in [0.717, 1.165) is 24.8 Å². The van der Waals surface area contributed by atoms with Gasteiger partial charge in [-0.15, -0.1) is 11.3 Å². The Hall–Kier alpha value is -0.650. The molecular formula is C14H26N4S. The van der Waals surface area contributed by atoms with Crippen molar-refractivity contribution in [2.24, 2.45) is 5.73 Å². The quantitative estimate of drug-likeness (QED) is 0.901. The fraction of sp³-hybridized carbons (Fsp3) is 0.786. The Morgan fingerprint density at radius 1 is 1.37 bits per heavy atom. The van der Waals surface area contributed by atoms with Crippen LogP contribution in [0, 0.1) is 0 Å². The van der Waals surface area contributed by atoms with Gasteiger partial charge >= 0.3 is 0 Å². The van der Waals surface area contributed by atoms with E-state index in [-0.39, 0.29) is 5.41 Å². The average molecular weight is 282 g/mol. The summed E-state index contributed by atoms with van der Waals surface area (Å²) in [5, 5.41) is 1.14. The number of piperazine rings is 1. The molecular weight excluding hydrogens is 256 g/mol. The van der Waals surface area contributed by atoms with Crippen molar-refractivity contribution in [2.75, 3.05) is 31.6 Å². The highest BCUT2D eigenvalue weighted by molar-refractivity contribution is 7.15. The van der Waals surface area contributed by atoms with Gasteiger partial charge in [-0.05, 0) is 14.0 Å². The van der Waals surface area contributed by atoms with Crippen LogP contribution in [0.15, 0.2) is 0 Å². The zero-order valence-electron chi connectivity index (χ0n) is 12.7. The zero-order valence-corrected chi connectivity index (χ0v) is 13.5. The standard InChI is InChI=1S/C14H26N4S/c1-10-9-18(7-6-17(10)5)13-16-12(14(2,3)4)11(8-15)19-13/h10H,6-9,15H2,1-5H3. The third kappa shape index (κ3) is 3.09. The molecule has 0 aliphatic carbocycles. The molecule has 0 bridgehead atoms. The number of hydrogen-bond donors (Lipinski definition) is 1. The summed E-state index contributed by atoms with van der Waals surface area (Å²) in [4.78, 5) is 10.9. The predicted molar refractivity (Wildman–Crippen MR) is 83.0 cm³/mol. The van der Waals surface area contributed by atoms with Crippen molar-refractivity contribution < 1.29 is 0 Å². The van der Waals surface area contributed by atoms with E-state index >= 15 is 0 Å². The molecule has 0 amide bonds. The second-order valence-corrected chi connectivity index (χ2v) is 7.56. The minimum Gasteiger partial charge on any atom is -0.345 e. The lowest BCUT2D eigenvalue weighted by Crippen LogP contribution is -2.50. The molecule has 108 valence electrons. The van der Waals surface area contributed by atoms with Crippen LogP contribution in [-0.2, 0) is 12.0 Å². The molecule has 1 fully saturated rings. The summed E-state index contributed by atoms with van der Waals surface area (Å²) in [6.07, 6.45) is 0. The largest absolute Gasteiger partial charge is 0.345 e. The van der Waals surface area contributed by atoms with Gasteiger partial charge in [-0.25, -0.2) is 4.98 Å². The van der Waals surface area contributed by atoms with Crippen molar-refractivity contribution in [1.29, 1.82) is 0 Å². The number of hydrogen-bond acceptors (Lipinski definition) is 5. The van der Waals surface area contributed by atoms with Crippen molar-refractivity contribution in [3.63, 3.8) is 0 Å². The monoisotopic (exact) mass is 282 g/mol. The number of likely N-dealkylation sites (N-methyl/N-ethyl adjacent to an activating group) is 1. The zero-order chi connectivity index (χ0) is 14.2. The molecule has 2 N–H and O–H groups in total. The molecule has 1 aliphatic heterocycles. The fourth-order valence-electron chi connectivity index (χ4n) is 2.42. The van der Waals surface area contributed by atoms with Crippen LogP contribution < -0.4 is 10.6 Å². The lowest BCUT2D eigenvalue weighted by Gasteiger charge is -2.37. The Morgan fingerprint density at radius 3 is 2.53 bits per heavy atom. The molecule has 1 aromatic heterocycles. The summed E-state index contributed by atoms with van der Waals surface area (Å²) in [7, 11) is 2.19. The normalized spacial score (nSPS) is 22.0. The van der Waals surface area contributed by atoms with Gasteiger partial charge in [0.1, 0.15) is 0 Å². The Labute approximate surface area is 120 Å². The molecule has 0 aromatic carbocycles. The number of rotatable bonds is 2. The first-order chi connectivity index (χ1) is 8.82. The van der Waals surface area contributed by atoms with E-state index in [1.54, 1.807) is 11.3 Å². The number of nitrogens with two attached hydrogens (primary N) is 1. The molecule has 1 aliphatic rings. The lowest BCUT2D eigenvalue weighted by molar-refractivity contribution is 0.234. The minimum absolute atomic E-state index is 0.0711. The summed E-state index contributed by atoms with van der Waals surface area (Å²) in [5.41, 5.74) is 7.12. The Bertz CT molecular complexity index is 435. The van der Waals surface area contributed by atoms with Gasteiger partial charge in [0.25, 0.3) is 0 Å². The van der Waals surface area contributed by atoms with Crippen LogP contribution in [-0.4, -0.2) is 42.6 Å². The molecule has 19 heavy (non-hydrogen) atoms. The van der Waals surface area contributed by atoms with E-state index in [4.69, 9.17) is 10.7 Å². The summed E-state index contributed by atoms with van der Waals surface area (Å²) < 4.78 is 0. The first-order valence-corrected chi connectivity index (χ1v) is 7.80. The fourth-order valence-corrected chi connectivity index (χ4v) is 3.61. The number of nitrogens with zero attached hydrogens (tertiary/aromatic N) is 3. The maximum atomic E-state index is 5.88. The highest BCUT2D eigenvalue weighted by Crippen LogP contribution is 2.34. The van der Waals surface area contributed by atoms with Gasteiger partial charge in [0.2, 0.25) is 0 Å². The van der Waals surface area contributed by atoms with Crippen LogP contribution in [0.2, 0.25) is 0 Å². The molecule has 1 atom stereocenters. The van der Waals surface area contributed by atoms with Gasteiger partial charge in [-0.2, -0.15) is 0 Å². The second-order valence-electron chi connectivity index (χ2n) is 6.50. The molecule has 2 heterocycles. The molecule has 1 saturated heterocycles. The molecule has 5 heteroatoms. The topological polar surface area (TPSA) is 45.4 Å². The molecule has 1 aromatic rings. The van der Waals surface area contributed by atoms with Gasteiger partial charge in [0.15, 0.2) is 5.13 Å². The Morgan fingerprint density at radius 2 is 2.05 bits per heavy atom. The second kappa shape index (κ2) is 5.38. The maximum Gasteiger partial charge on any atom is 0.185 e. The molecule has 4 nitrogen and oxygen atoms in total. The van der Waals surface area contributed by atoms with Crippen LogP contribution in [0.1, 0.15) is 38.3 Å². The number of anilines is 1. The van der Waals surface area contributed by atoms with E-state index in [1.807, 2.05) is 0 Å². The lowest BCUT2D eigenvalue weighted by atomic mass is 9.91. The van der Waals surface area contributed by atoms with E-state index in [0.29, 0.717) is 12.6 Å². The Balaban J connectivity index is 2.24. The van der Waals surface area contributed by atoms with Crippen LogP contribution >= 0.6 is 11.3 Å².